The molecule has 1 atom stereocenters. The van der Waals surface area contributed by atoms with E-state index < -0.39 is 46.7 Å². The number of hydrogen-bond donors (Lipinski definition) is 2. The molecule has 1 unspecified atom stereocenters. The van der Waals surface area contributed by atoms with Crippen molar-refractivity contribution in [3.63, 3.8) is 0 Å². The van der Waals surface area contributed by atoms with Crippen LogP contribution in [0.2, 0.25) is 0 Å². The number of alkyl halides is 3. The molecule has 0 aromatic carbocycles. The van der Waals surface area contributed by atoms with Crippen LogP contribution < -0.4 is 4.72 Å². The van der Waals surface area contributed by atoms with Gasteiger partial charge in [-0.25, -0.2) is 13.1 Å². The highest BCUT2D eigenvalue weighted by Gasteiger charge is 2.27. The zero-order valence-electron chi connectivity index (χ0n) is 10.5. The smallest absolute Gasteiger partial charge is 0.389 e. The van der Waals surface area contributed by atoms with Crippen LogP contribution in [0.5, 0.6) is 0 Å². The van der Waals surface area contributed by atoms with Crippen molar-refractivity contribution in [1.29, 1.82) is 0 Å². The molecule has 0 aliphatic carbocycles. The van der Waals surface area contributed by atoms with Gasteiger partial charge in [-0.2, -0.15) is 13.2 Å². The summed E-state index contributed by atoms with van der Waals surface area (Å²) in [6.07, 6.45) is -5.34. The molecule has 0 heterocycles. The van der Waals surface area contributed by atoms with E-state index in [1.807, 2.05) is 0 Å². The van der Waals surface area contributed by atoms with Crippen molar-refractivity contribution in [3.8, 4) is 0 Å². The Bertz CT molecular complexity index is 381. The van der Waals surface area contributed by atoms with Crippen LogP contribution in [0.3, 0.4) is 0 Å². The molecule has 0 spiro atoms. The van der Waals surface area contributed by atoms with Crippen LogP contribution >= 0.6 is 0 Å². The number of halogens is 3. The summed E-state index contributed by atoms with van der Waals surface area (Å²) in [5, 5.41) is 8.59. The fraction of sp³-hybridized carbons (Fsp3) is 0.900. The first-order valence-electron chi connectivity index (χ1n) is 5.80. The lowest BCUT2D eigenvalue weighted by molar-refractivity contribution is -0.141. The second-order valence-electron chi connectivity index (χ2n) is 4.31. The Labute approximate surface area is 110 Å². The number of hydrogen-bond acceptors (Lipinski definition) is 3. The van der Waals surface area contributed by atoms with E-state index in [1.165, 1.54) is 6.92 Å². The van der Waals surface area contributed by atoms with Crippen molar-refractivity contribution in [2.75, 3.05) is 12.3 Å². The van der Waals surface area contributed by atoms with Crippen LogP contribution in [0.15, 0.2) is 0 Å². The van der Waals surface area contributed by atoms with Gasteiger partial charge >= 0.3 is 12.1 Å². The van der Waals surface area contributed by atoms with Crippen molar-refractivity contribution in [2.45, 2.75) is 38.8 Å². The first-order chi connectivity index (χ1) is 8.53. The van der Waals surface area contributed by atoms with Crippen LogP contribution in [0.25, 0.3) is 0 Å². The molecule has 114 valence electrons. The van der Waals surface area contributed by atoms with Gasteiger partial charge in [-0.05, 0) is 19.3 Å². The molecule has 0 aromatic heterocycles. The molecule has 0 rings (SSSR count). The third-order valence-corrected chi connectivity index (χ3v) is 3.90. The lowest BCUT2D eigenvalue weighted by Gasteiger charge is -2.09. The molecule has 0 aliphatic rings. The van der Waals surface area contributed by atoms with E-state index >= 15 is 0 Å². The van der Waals surface area contributed by atoms with Gasteiger partial charge < -0.3 is 5.11 Å². The molecule has 5 nitrogen and oxygen atoms in total. The molecule has 0 aliphatic heterocycles. The minimum atomic E-state index is -4.35. The van der Waals surface area contributed by atoms with Crippen molar-refractivity contribution in [2.24, 2.45) is 5.92 Å². The van der Waals surface area contributed by atoms with Gasteiger partial charge in [0.05, 0.1) is 11.7 Å². The number of rotatable bonds is 9. The topological polar surface area (TPSA) is 83.5 Å². The van der Waals surface area contributed by atoms with Gasteiger partial charge in [0, 0.05) is 13.0 Å². The highest BCUT2D eigenvalue weighted by molar-refractivity contribution is 7.89. The second kappa shape index (κ2) is 7.68. The third kappa shape index (κ3) is 10.8. The SMILES string of the molecule is CC(CCCNS(=O)(=O)CCCC(F)(F)F)C(=O)O. The van der Waals surface area contributed by atoms with Crippen molar-refractivity contribution in [3.05, 3.63) is 0 Å². The molecule has 19 heavy (non-hydrogen) atoms. The molecule has 2 N–H and O–H groups in total. The van der Waals surface area contributed by atoms with Crippen LogP contribution in [-0.2, 0) is 14.8 Å². The van der Waals surface area contributed by atoms with Crippen molar-refractivity contribution in [1.82, 2.24) is 4.72 Å². The van der Waals surface area contributed by atoms with Crippen LogP contribution in [0, 0.1) is 5.92 Å². The summed E-state index contributed by atoms with van der Waals surface area (Å²) in [6, 6.07) is 0. The van der Waals surface area contributed by atoms with Gasteiger partial charge in [0.25, 0.3) is 0 Å². The van der Waals surface area contributed by atoms with E-state index in [9.17, 15) is 26.4 Å². The monoisotopic (exact) mass is 305 g/mol. The summed E-state index contributed by atoms with van der Waals surface area (Å²) in [5.41, 5.74) is 0. The first-order valence-corrected chi connectivity index (χ1v) is 7.45. The fourth-order valence-corrected chi connectivity index (χ4v) is 2.42. The Balaban J connectivity index is 3.83. The average molecular weight is 305 g/mol. The van der Waals surface area contributed by atoms with E-state index in [0.29, 0.717) is 12.8 Å². The lowest BCUT2D eigenvalue weighted by atomic mass is 10.1. The zero-order valence-corrected chi connectivity index (χ0v) is 11.4. The van der Waals surface area contributed by atoms with Crippen molar-refractivity contribution < 1.29 is 31.5 Å². The minimum absolute atomic E-state index is 0.0337. The van der Waals surface area contributed by atoms with E-state index in [4.69, 9.17) is 5.11 Å². The number of aliphatic carboxylic acids is 1. The third-order valence-electron chi connectivity index (χ3n) is 2.43. The number of sulfonamides is 1. The van der Waals surface area contributed by atoms with E-state index in [2.05, 4.69) is 4.72 Å². The highest BCUT2D eigenvalue weighted by Crippen LogP contribution is 2.21. The summed E-state index contributed by atoms with van der Waals surface area (Å²) in [6.45, 7) is 1.53. The summed E-state index contributed by atoms with van der Waals surface area (Å²) >= 11 is 0. The molecular formula is C10H18F3NO4S. The lowest BCUT2D eigenvalue weighted by Crippen LogP contribution is -2.28. The Morgan fingerprint density at radius 3 is 2.37 bits per heavy atom. The Morgan fingerprint density at radius 2 is 1.89 bits per heavy atom. The van der Waals surface area contributed by atoms with Gasteiger partial charge in [0.2, 0.25) is 10.0 Å². The second-order valence-corrected chi connectivity index (χ2v) is 6.24. The molecule has 0 bridgehead atoms. The molecule has 0 aromatic rings. The van der Waals surface area contributed by atoms with Gasteiger partial charge in [-0.15, -0.1) is 0 Å². The number of carboxylic acid groups (broad SMARTS) is 1. The summed E-state index contributed by atoms with van der Waals surface area (Å²) in [7, 11) is -3.72. The normalized spacial score (nSPS) is 14.3. The Hall–Kier alpha value is -0.830. The molecule has 9 heteroatoms. The Morgan fingerprint density at radius 1 is 1.32 bits per heavy atom. The molecule has 0 radical (unpaired) electrons. The summed E-state index contributed by atoms with van der Waals surface area (Å²) < 4.78 is 60.2. The summed E-state index contributed by atoms with van der Waals surface area (Å²) in [5.74, 6) is -2.12. The molecule has 0 saturated carbocycles. The molecular weight excluding hydrogens is 287 g/mol. The maximum Gasteiger partial charge on any atom is 0.389 e. The quantitative estimate of drug-likeness (QED) is 0.636. The Kier molecular flexibility index (Phi) is 7.35. The maximum atomic E-state index is 11.8. The number of carboxylic acids is 1. The highest BCUT2D eigenvalue weighted by atomic mass is 32.2. The standard InChI is InChI=1S/C10H18F3NO4S/c1-8(9(15)16)4-2-6-14-19(17,18)7-3-5-10(11,12)13/h8,14H,2-7H2,1H3,(H,15,16). The summed E-state index contributed by atoms with van der Waals surface area (Å²) in [4.78, 5) is 10.5. The van der Waals surface area contributed by atoms with Gasteiger partial charge in [0.15, 0.2) is 0 Å². The first kappa shape index (κ1) is 18.2. The fourth-order valence-electron chi connectivity index (χ4n) is 1.29. The molecule has 0 saturated heterocycles. The van der Waals surface area contributed by atoms with Crippen molar-refractivity contribution >= 4 is 16.0 Å². The van der Waals surface area contributed by atoms with E-state index in [-0.39, 0.29) is 6.54 Å². The van der Waals surface area contributed by atoms with Gasteiger partial charge in [0.1, 0.15) is 0 Å². The van der Waals surface area contributed by atoms with Crippen LogP contribution in [0.1, 0.15) is 32.6 Å². The number of carbonyl (C=O) groups is 1. The maximum absolute atomic E-state index is 11.8. The number of nitrogens with one attached hydrogen (secondary N) is 1. The van der Waals surface area contributed by atoms with Gasteiger partial charge in [-0.1, -0.05) is 6.92 Å². The van der Waals surface area contributed by atoms with Crippen LogP contribution in [0.4, 0.5) is 13.2 Å². The van der Waals surface area contributed by atoms with Gasteiger partial charge in [-0.3, -0.25) is 4.79 Å². The predicted molar refractivity (Wildman–Crippen MR) is 63.1 cm³/mol. The van der Waals surface area contributed by atoms with E-state index in [0.717, 1.165) is 0 Å². The van der Waals surface area contributed by atoms with E-state index in [1.54, 1.807) is 0 Å². The molecule has 0 fully saturated rings. The largest absolute Gasteiger partial charge is 0.481 e. The van der Waals surface area contributed by atoms with Crippen LogP contribution in [-0.4, -0.2) is 38.0 Å². The molecule has 0 amide bonds. The minimum Gasteiger partial charge on any atom is -0.481 e. The predicted octanol–water partition coefficient (Wildman–Crippen LogP) is 1.75. The average Bonchev–Trinajstić information content (AvgIpc) is 2.21. The zero-order chi connectivity index (χ0) is 15.1.